The van der Waals surface area contributed by atoms with E-state index in [1.54, 1.807) is 0 Å². The second-order valence-electron chi connectivity index (χ2n) is 2.21. The number of halogens is 6. The molecule has 1 aliphatic carbocycles. The summed E-state index contributed by atoms with van der Waals surface area (Å²) in [6, 6.07) is 0. The summed E-state index contributed by atoms with van der Waals surface area (Å²) in [5, 5.41) is 0.208. The van der Waals surface area contributed by atoms with E-state index in [2.05, 4.69) is 0 Å². The molecule has 0 radical (unpaired) electrons. The van der Waals surface area contributed by atoms with Crippen LogP contribution in [0.1, 0.15) is 6.42 Å². The molecule has 0 fully saturated rings. The zero-order valence-electron chi connectivity index (χ0n) is 4.97. The van der Waals surface area contributed by atoms with Crippen molar-refractivity contribution >= 4 is 69.6 Å². The first kappa shape index (κ1) is 10.6. The lowest BCUT2D eigenvalue weighted by molar-refractivity contribution is 0.828. The van der Waals surface area contributed by atoms with Gasteiger partial charge in [0.1, 0.15) is 0 Å². The Morgan fingerprint density at radius 3 is 1.18 bits per heavy atom. The van der Waals surface area contributed by atoms with Crippen LogP contribution >= 0.6 is 69.6 Å². The van der Waals surface area contributed by atoms with Gasteiger partial charge in [-0.3, -0.25) is 0 Å². The van der Waals surface area contributed by atoms with Crippen molar-refractivity contribution in [1.29, 1.82) is 0 Å². The van der Waals surface area contributed by atoms with Gasteiger partial charge in [-0.05, 0) is 0 Å². The Morgan fingerprint density at radius 1 is 0.818 bits per heavy atom. The third-order valence-electron chi connectivity index (χ3n) is 1.28. The largest absolute Gasteiger partial charge is 0.158 e. The number of allylic oxidation sites excluding steroid dienone is 2. The van der Waals surface area contributed by atoms with Crippen molar-refractivity contribution in [3.63, 3.8) is 0 Å². The third kappa shape index (κ3) is 1.87. The fourth-order valence-electron chi connectivity index (χ4n) is 0.755. The van der Waals surface area contributed by atoms with E-state index in [0.29, 0.717) is 0 Å². The molecule has 11 heavy (non-hydrogen) atoms. The molecule has 1 aliphatic rings. The van der Waals surface area contributed by atoms with Crippen LogP contribution in [0, 0.1) is 0 Å². The van der Waals surface area contributed by atoms with Crippen LogP contribution in [0.5, 0.6) is 0 Å². The Balaban J connectivity index is 3.09. The minimum atomic E-state index is -1.25. The van der Waals surface area contributed by atoms with E-state index in [1.165, 1.54) is 0 Å². The van der Waals surface area contributed by atoms with Crippen molar-refractivity contribution in [2.24, 2.45) is 0 Å². The number of hydrogen-bond acceptors (Lipinski definition) is 0. The summed E-state index contributed by atoms with van der Waals surface area (Å²) in [4.78, 5) is 0. The van der Waals surface area contributed by atoms with Crippen LogP contribution in [-0.4, -0.2) is 8.67 Å². The smallest absolute Gasteiger partial charge is 0.0952 e. The van der Waals surface area contributed by atoms with Gasteiger partial charge in [-0.2, -0.15) is 0 Å². The lowest BCUT2D eigenvalue weighted by Gasteiger charge is -2.15. The first-order chi connectivity index (χ1) is 4.77. The van der Waals surface area contributed by atoms with E-state index < -0.39 is 8.67 Å². The zero-order chi connectivity index (χ0) is 8.86. The summed E-state index contributed by atoms with van der Waals surface area (Å²) in [5.74, 6) is 0. The quantitative estimate of drug-likeness (QED) is 0.574. The molecule has 0 spiro atoms. The van der Waals surface area contributed by atoms with Gasteiger partial charge >= 0.3 is 0 Å². The van der Waals surface area contributed by atoms with Crippen molar-refractivity contribution in [2.75, 3.05) is 0 Å². The zero-order valence-corrected chi connectivity index (χ0v) is 9.51. The molecule has 0 nitrogen and oxygen atoms in total. The summed E-state index contributed by atoms with van der Waals surface area (Å²) in [7, 11) is 0. The molecule has 0 aliphatic heterocycles. The van der Waals surface area contributed by atoms with Gasteiger partial charge in [0.2, 0.25) is 0 Å². The minimum absolute atomic E-state index is 0.101. The molecule has 0 N–H and O–H groups in total. The molecule has 0 saturated carbocycles. The Kier molecular flexibility index (Phi) is 2.89. The highest BCUT2D eigenvalue weighted by atomic mass is 35.5. The van der Waals surface area contributed by atoms with Gasteiger partial charge in [0, 0.05) is 6.42 Å². The van der Waals surface area contributed by atoms with Gasteiger partial charge in [0.25, 0.3) is 0 Å². The third-order valence-corrected chi connectivity index (χ3v) is 4.08. The molecule has 0 unspecified atom stereocenters. The van der Waals surface area contributed by atoms with Crippen LogP contribution in [0.2, 0.25) is 0 Å². The van der Waals surface area contributed by atoms with Crippen molar-refractivity contribution in [3.8, 4) is 0 Å². The molecule has 0 aromatic rings. The first-order valence-corrected chi connectivity index (χ1v) is 4.86. The Bertz CT molecular complexity index is 193. The Morgan fingerprint density at radius 2 is 1.09 bits per heavy atom. The highest BCUT2D eigenvalue weighted by molar-refractivity contribution is 6.65. The number of hydrogen-bond donors (Lipinski definition) is 0. The minimum Gasteiger partial charge on any atom is -0.0952 e. The number of alkyl halides is 4. The topological polar surface area (TPSA) is 0 Å². The first-order valence-electron chi connectivity index (χ1n) is 2.59. The van der Waals surface area contributed by atoms with Gasteiger partial charge in [-0.15, -0.1) is 0 Å². The average Bonchev–Trinajstić information content (AvgIpc) is 1.91. The highest BCUT2D eigenvalue weighted by Crippen LogP contribution is 2.56. The Labute approximate surface area is 94.3 Å². The van der Waals surface area contributed by atoms with E-state index in [-0.39, 0.29) is 16.5 Å². The summed E-state index contributed by atoms with van der Waals surface area (Å²) in [6.45, 7) is 0. The van der Waals surface area contributed by atoms with Crippen molar-refractivity contribution < 1.29 is 0 Å². The molecule has 0 aromatic carbocycles. The maximum atomic E-state index is 5.72. The summed E-state index contributed by atoms with van der Waals surface area (Å²) < 4.78 is -2.50. The Hall–Kier alpha value is 1.48. The van der Waals surface area contributed by atoms with Crippen LogP contribution in [0.25, 0.3) is 0 Å². The maximum Gasteiger partial charge on any atom is 0.158 e. The predicted molar refractivity (Wildman–Crippen MR) is 52.2 cm³/mol. The van der Waals surface area contributed by atoms with Crippen LogP contribution < -0.4 is 0 Å². The van der Waals surface area contributed by atoms with Crippen molar-refractivity contribution in [1.82, 2.24) is 0 Å². The molecular weight excluding hydrogens is 273 g/mol. The molecule has 0 aromatic heterocycles. The molecule has 0 amide bonds. The van der Waals surface area contributed by atoms with Crippen molar-refractivity contribution in [2.45, 2.75) is 15.1 Å². The lowest BCUT2D eigenvalue weighted by atomic mass is 10.3. The average molecular weight is 275 g/mol. The summed E-state index contributed by atoms with van der Waals surface area (Å²) in [6.07, 6.45) is 0.101. The van der Waals surface area contributed by atoms with E-state index >= 15 is 0 Å². The monoisotopic (exact) mass is 272 g/mol. The van der Waals surface area contributed by atoms with E-state index in [1.807, 2.05) is 0 Å². The molecule has 6 heteroatoms. The van der Waals surface area contributed by atoms with Crippen LogP contribution in [0.3, 0.4) is 0 Å². The predicted octanol–water partition coefficient (Wildman–Crippen LogP) is 4.43. The second kappa shape index (κ2) is 3.01. The molecule has 64 valence electrons. The molecule has 0 bridgehead atoms. The fourth-order valence-corrected chi connectivity index (χ4v) is 2.86. The van der Waals surface area contributed by atoms with Crippen LogP contribution in [0.4, 0.5) is 0 Å². The fraction of sp³-hybridized carbons (Fsp3) is 0.600. The normalized spacial score (nSPS) is 27.8. The molecule has 0 heterocycles. The van der Waals surface area contributed by atoms with Crippen molar-refractivity contribution in [3.05, 3.63) is 10.1 Å². The standard InChI is InChI=1S/C5H2Cl6/c6-2-3(7)5(10,11)1-4(2,8)9/h1H2. The highest BCUT2D eigenvalue weighted by Gasteiger charge is 2.50. The van der Waals surface area contributed by atoms with Gasteiger partial charge in [-0.1, -0.05) is 69.6 Å². The van der Waals surface area contributed by atoms with Gasteiger partial charge in [0.05, 0.1) is 10.1 Å². The van der Waals surface area contributed by atoms with Gasteiger partial charge in [0.15, 0.2) is 8.67 Å². The lowest BCUT2D eigenvalue weighted by Crippen LogP contribution is -2.15. The molecule has 1 rings (SSSR count). The SMILES string of the molecule is ClC1=C(Cl)C(Cl)(Cl)CC1(Cl)Cl. The summed E-state index contributed by atoms with van der Waals surface area (Å²) in [5.41, 5.74) is 0. The number of rotatable bonds is 0. The maximum absolute atomic E-state index is 5.72. The van der Waals surface area contributed by atoms with E-state index in [9.17, 15) is 0 Å². The van der Waals surface area contributed by atoms with E-state index in [4.69, 9.17) is 69.6 Å². The van der Waals surface area contributed by atoms with Crippen LogP contribution in [0.15, 0.2) is 10.1 Å². The molecule has 0 saturated heterocycles. The summed E-state index contributed by atoms with van der Waals surface area (Å²) >= 11 is 34.2. The van der Waals surface area contributed by atoms with Crippen LogP contribution in [-0.2, 0) is 0 Å². The molecular formula is C5H2Cl6. The van der Waals surface area contributed by atoms with Gasteiger partial charge < -0.3 is 0 Å². The molecule has 0 atom stereocenters. The second-order valence-corrected chi connectivity index (χ2v) is 5.94. The van der Waals surface area contributed by atoms with E-state index in [0.717, 1.165) is 0 Å². The van der Waals surface area contributed by atoms with Gasteiger partial charge in [-0.25, -0.2) is 0 Å².